The van der Waals surface area contributed by atoms with Crippen molar-refractivity contribution in [1.29, 1.82) is 0 Å². The van der Waals surface area contributed by atoms with E-state index in [1.807, 2.05) is 0 Å². The van der Waals surface area contributed by atoms with Crippen LogP contribution in [0.1, 0.15) is 18.4 Å². The van der Waals surface area contributed by atoms with Gasteiger partial charge in [0.05, 0.1) is 10.5 Å². The summed E-state index contributed by atoms with van der Waals surface area (Å²) in [6.07, 6.45) is -3.42. The lowest BCUT2D eigenvalue weighted by Crippen LogP contribution is -2.43. The zero-order chi connectivity index (χ0) is 16.5. The maximum absolute atomic E-state index is 12.8. The van der Waals surface area contributed by atoms with Crippen LogP contribution >= 0.6 is 24.0 Å². The van der Waals surface area contributed by atoms with Gasteiger partial charge in [-0.15, -0.1) is 12.4 Å². The van der Waals surface area contributed by atoms with Crippen LogP contribution in [0.2, 0.25) is 5.02 Å². The van der Waals surface area contributed by atoms with Crippen LogP contribution in [0.3, 0.4) is 0 Å². The Morgan fingerprint density at radius 3 is 2.26 bits per heavy atom. The van der Waals surface area contributed by atoms with Gasteiger partial charge in [-0.05, 0) is 38.1 Å². The average Bonchev–Trinajstić information content (AvgIpc) is 2.45. The quantitative estimate of drug-likeness (QED) is 0.859. The number of nitrogens with zero attached hydrogens (tertiary/aromatic N) is 1. The highest BCUT2D eigenvalue weighted by Crippen LogP contribution is 2.34. The molecule has 0 spiro atoms. The standard InChI is InChI=1S/C13H16ClF3N2O2S.ClH/c1-18-11-2-4-19(5-3-11)22(20,21)12-7-9(13(15,16)17)6-10(14)8-12;/h6-8,11,18H,2-5H2,1H3;1H. The largest absolute Gasteiger partial charge is 0.416 e. The molecule has 0 unspecified atom stereocenters. The molecule has 1 aliphatic rings. The molecule has 1 aromatic carbocycles. The molecule has 4 nitrogen and oxygen atoms in total. The number of benzene rings is 1. The molecule has 0 amide bonds. The second kappa shape index (κ2) is 7.57. The van der Waals surface area contributed by atoms with Gasteiger partial charge >= 0.3 is 6.18 Å². The first-order valence-corrected chi connectivity index (χ1v) is 8.51. The maximum Gasteiger partial charge on any atom is 0.416 e. The first-order chi connectivity index (χ1) is 10.1. The van der Waals surface area contributed by atoms with Crippen LogP contribution in [-0.2, 0) is 16.2 Å². The van der Waals surface area contributed by atoms with Crippen LogP contribution in [0, 0.1) is 0 Å². The van der Waals surface area contributed by atoms with Crippen LogP contribution in [0.25, 0.3) is 0 Å². The fourth-order valence-corrected chi connectivity index (χ4v) is 4.25. The lowest BCUT2D eigenvalue weighted by atomic mass is 10.1. The van der Waals surface area contributed by atoms with Crippen molar-refractivity contribution in [2.75, 3.05) is 20.1 Å². The van der Waals surface area contributed by atoms with E-state index in [1.54, 1.807) is 7.05 Å². The van der Waals surface area contributed by atoms with Crippen LogP contribution in [-0.4, -0.2) is 38.9 Å². The summed E-state index contributed by atoms with van der Waals surface area (Å²) in [5, 5.41) is 2.81. The van der Waals surface area contributed by atoms with Gasteiger partial charge in [0.1, 0.15) is 0 Å². The van der Waals surface area contributed by atoms with E-state index >= 15 is 0 Å². The average molecular weight is 393 g/mol. The maximum atomic E-state index is 12.8. The van der Waals surface area contributed by atoms with Crippen molar-refractivity contribution in [1.82, 2.24) is 9.62 Å². The zero-order valence-electron chi connectivity index (χ0n) is 12.2. The van der Waals surface area contributed by atoms with E-state index < -0.39 is 26.7 Å². The van der Waals surface area contributed by atoms with E-state index in [0.717, 1.165) is 6.07 Å². The van der Waals surface area contributed by atoms with E-state index in [-0.39, 0.29) is 36.6 Å². The van der Waals surface area contributed by atoms with Gasteiger partial charge in [-0.25, -0.2) is 8.42 Å². The van der Waals surface area contributed by atoms with Gasteiger partial charge < -0.3 is 5.32 Å². The Balaban J connectivity index is 0.00000264. The monoisotopic (exact) mass is 392 g/mol. The van der Waals surface area contributed by atoms with Gasteiger partial charge in [-0.2, -0.15) is 17.5 Å². The summed E-state index contributed by atoms with van der Waals surface area (Å²) in [6, 6.07) is 2.62. The van der Waals surface area contributed by atoms with Gasteiger partial charge in [-0.3, -0.25) is 0 Å². The minimum absolute atomic E-state index is 0. The van der Waals surface area contributed by atoms with Crippen molar-refractivity contribution in [2.45, 2.75) is 30.0 Å². The predicted octanol–water partition coefficient (Wildman–Crippen LogP) is 3.15. The summed E-state index contributed by atoms with van der Waals surface area (Å²) in [5.74, 6) is 0. The van der Waals surface area contributed by atoms with Crippen LogP contribution < -0.4 is 5.32 Å². The highest BCUT2D eigenvalue weighted by atomic mass is 35.5. The SMILES string of the molecule is CNC1CCN(S(=O)(=O)c2cc(Cl)cc(C(F)(F)F)c2)CC1.Cl. The van der Waals surface area contributed by atoms with Crippen molar-refractivity contribution in [3.05, 3.63) is 28.8 Å². The summed E-state index contributed by atoms with van der Waals surface area (Å²) in [4.78, 5) is -0.421. The third-order valence-corrected chi connectivity index (χ3v) is 5.79. The smallest absolute Gasteiger partial charge is 0.317 e. The number of hydrogen-bond donors (Lipinski definition) is 1. The minimum atomic E-state index is -4.64. The fourth-order valence-electron chi connectivity index (χ4n) is 2.41. The molecular formula is C13H17Cl2F3N2O2S. The molecule has 1 aliphatic heterocycles. The Bertz CT molecular complexity index is 645. The summed E-state index contributed by atoms with van der Waals surface area (Å²) in [7, 11) is -2.18. The number of alkyl halides is 3. The summed E-state index contributed by atoms with van der Waals surface area (Å²) >= 11 is 5.65. The van der Waals surface area contributed by atoms with Gasteiger partial charge in [0, 0.05) is 24.2 Å². The molecule has 23 heavy (non-hydrogen) atoms. The fraction of sp³-hybridized carbons (Fsp3) is 0.538. The summed E-state index contributed by atoms with van der Waals surface area (Å²) < 4.78 is 64.6. The molecule has 1 saturated heterocycles. The molecule has 2 rings (SSSR count). The number of halogens is 5. The Labute approximate surface area is 144 Å². The Hall–Kier alpha value is -0.540. The molecule has 0 aliphatic carbocycles. The number of piperidine rings is 1. The first kappa shape index (κ1) is 20.5. The van der Waals surface area contributed by atoms with Gasteiger partial charge in [0.25, 0.3) is 0 Å². The third kappa shape index (κ3) is 4.73. The molecule has 1 fully saturated rings. The Morgan fingerprint density at radius 1 is 1.22 bits per heavy atom. The molecule has 0 bridgehead atoms. The van der Waals surface area contributed by atoms with E-state index in [9.17, 15) is 21.6 Å². The molecule has 132 valence electrons. The Kier molecular flexibility index (Phi) is 6.74. The molecular weight excluding hydrogens is 376 g/mol. The van der Waals surface area contributed by atoms with Gasteiger partial charge in [0.15, 0.2) is 0 Å². The van der Waals surface area contributed by atoms with E-state index in [2.05, 4.69) is 5.32 Å². The third-order valence-electron chi connectivity index (χ3n) is 3.70. The van der Waals surface area contributed by atoms with Crippen molar-refractivity contribution in [2.24, 2.45) is 0 Å². The van der Waals surface area contributed by atoms with Crippen molar-refractivity contribution < 1.29 is 21.6 Å². The second-order valence-electron chi connectivity index (χ2n) is 5.14. The van der Waals surface area contributed by atoms with Crippen molar-refractivity contribution in [3.63, 3.8) is 0 Å². The van der Waals surface area contributed by atoms with Crippen LogP contribution in [0.15, 0.2) is 23.1 Å². The molecule has 1 N–H and O–H groups in total. The summed E-state index contributed by atoms with van der Waals surface area (Å²) in [5.41, 5.74) is -1.07. The van der Waals surface area contributed by atoms with E-state index in [4.69, 9.17) is 11.6 Å². The number of rotatable bonds is 3. The molecule has 1 heterocycles. The van der Waals surface area contributed by atoms with Crippen molar-refractivity contribution in [3.8, 4) is 0 Å². The van der Waals surface area contributed by atoms with E-state index in [0.29, 0.717) is 25.0 Å². The molecule has 0 atom stereocenters. The molecule has 1 aromatic rings. The molecule has 10 heteroatoms. The van der Waals surface area contributed by atoms with Crippen molar-refractivity contribution >= 4 is 34.0 Å². The number of hydrogen-bond acceptors (Lipinski definition) is 3. The highest BCUT2D eigenvalue weighted by Gasteiger charge is 2.34. The molecule has 0 aromatic heterocycles. The van der Waals surface area contributed by atoms with Gasteiger partial charge in [0.2, 0.25) is 10.0 Å². The second-order valence-corrected chi connectivity index (χ2v) is 7.51. The summed E-state index contributed by atoms with van der Waals surface area (Å²) in [6.45, 7) is 0.531. The first-order valence-electron chi connectivity index (χ1n) is 6.70. The van der Waals surface area contributed by atoms with Crippen LogP contribution in [0.5, 0.6) is 0 Å². The number of sulfonamides is 1. The van der Waals surface area contributed by atoms with Gasteiger partial charge in [-0.1, -0.05) is 11.6 Å². The molecule has 0 radical (unpaired) electrons. The minimum Gasteiger partial charge on any atom is -0.317 e. The van der Waals surface area contributed by atoms with Crippen LogP contribution in [0.4, 0.5) is 13.2 Å². The Morgan fingerprint density at radius 2 is 1.78 bits per heavy atom. The van der Waals surface area contributed by atoms with E-state index in [1.165, 1.54) is 4.31 Å². The zero-order valence-corrected chi connectivity index (χ0v) is 14.6. The normalized spacial score (nSPS) is 17.8. The molecule has 0 saturated carbocycles. The lowest BCUT2D eigenvalue weighted by Gasteiger charge is -2.31. The topological polar surface area (TPSA) is 49.4 Å². The highest BCUT2D eigenvalue weighted by molar-refractivity contribution is 7.89. The number of nitrogens with one attached hydrogen (secondary N) is 1. The lowest BCUT2D eigenvalue weighted by molar-refractivity contribution is -0.137. The predicted molar refractivity (Wildman–Crippen MR) is 84.5 cm³/mol.